The summed E-state index contributed by atoms with van der Waals surface area (Å²) in [5, 5.41) is 3.80. The van der Waals surface area contributed by atoms with Crippen LogP contribution in [0.15, 0.2) is 39.8 Å². The Hall–Kier alpha value is -2.26. The highest BCUT2D eigenvalue weighted by atomic mass is 32.2. The van der Waals surface area contributed by atoms with Crippen molar-refractivity contribution >= 4 is 15.9 Å². The maximum atomic E-state index is 12.7. The zero-order valence-electron chi connectivity index (χ0n) is 14.8. The summed E-state index contributed by atoms with van der Waals surface area (Å²) in [6.45, 7) is 4.33. The van der Waals surface area contributed by atoms with E-state index < -0.39 is 16.1 Å². The van der Waals surface area contributed by atoms with E-state index in [4.69, 9.17) is 4.52 Å². The van der Waals surface area contributed by atoms with Gasteiger partial charge in [0.15, 0.2) is 5.82 Å². The van der Waals surface area contributed by atoms with Crippen LogP contribution in [-0.4, -0.2) is 48.5 Å². The second-order valence-corrected chi connectivity index (χ2v) is 8.17. The second-order valence-electron chi connectivity index (χ2n) is 6.46. The maximum absolute atomic E-state index is 12.7. The summed E-state index contributed by atoms with van der Waals surface area (Å²) < 4.78 is 32.5. The van der Waals surface area contributed by atoms with Crippen LogP contribution >= 0.6 is 0 Å². The first-order valence-corrected chi connectivity index (χ1v) is 10.0. The molecule has 0 bridgehead atoms. The molecule has 0 spiro atoms. The third-order valence-corrected chi connectivity index (χ3v) is 5.94. The number of aromatic nitrogens is 2. The molecule has 1 aromatic carbocycles. The normalized spacial score (nSPS) is 19.3. The van der Waals surface area contributed by atoms with Crippen LogP contribution < -0.4 is 4.72 Å². The summed E-state index contributed by atoms with van der Waals surface area (Å²) in [4.78, 5) is 18.8. The number of nitrogens with one attached hydrogen (secondary N) is 1. The average molecular weight is 378 g/mol. The Kier molecular flexibility index (Phi) is 5.38. The van der Waals surface area contributed by atoms with Gasteiger partial charge in [0, 0.05) is 13.1 Å². The minimum atomic E-state index is -3.74. The molecule has 1 aliphatic heterocycles. The van der Waals surface area contributed by atoms with Crippen LogP contribution in [0.25, 0.3) is 0 Å². The summed E-state index contributed by atoms with van der Waals surface area (Å²) in [7, 11) is -3.74. The number of rotatable bonds is 5. The van der Waals surface area contributed by atoms with Crippen molar-refractivity contribution in [1.82, 2.24) is 19.8 Å². The number of sulfonamides is 1. The summed E-state index contributed by atoms with van der Waals surface area (Å²) >= 11 is 0. The summed E-state index contributed by atoms with van der Waals surface area (Å²) in [5.74, 6) is 0.808. The van der Waals surface area contributed by atoms with Gasteiger partial charge in [-0.15, -0.1) is 0 Å². The minimum absolute atomic E-state index is 0.0215. The number of piperidine rings is 1. The zero-order chi connectivity index (χ0) is 18.7. The Morgan fingerprint density at radius 3 is 2.73 bits per heavy atom. The van der Waals surface area contributed by atoms with Crippen LogP contribution in [0.3, 0.4) is 0 Å². The van der Waals surface area contributed by atoms with Gasteiger partial charge < -0.3 is 9.42 Å². The monoisotopic (exact) mass is 378 g/mol. The first-order valence-electron chi connectivity index (χ1n) is 8.53. The molecule has 26 heavy (non-hydrogen) atoms. The number of nitrogens with zero attached hydrogens (tertiary/aromatic N) is 3. The molecule has 1 aliphatic rings. The number of likely N-dealkylation sites (tertiary alicyclic amines) is 1. The highest BCUT2D eigenvalue weighted by Crippen LogP contribution is 2.26. The van der Waals surface area contributed by atoms with E-state index in [0.29, 0.717) is 24.8 Å². The van der Waals surface area contributed by atoms with Crippen LogP contribution in [0.5, 0.6) is 0 Å². The van der Waals surface area contributed by atoms with Gasteiger partial charge in [-0.1, -0.05) is 23.4 Å². The van der Waals surface area contributed by atoms with E-state index in [0.717, 1.165) is 12.8 Å². The SMILES string of the molecule is Cc1noc(C2CCCN(C(=O)[C@H](C)NS(=O)(=O)c3ccccc3)C2)n1. The molecule has 2 atom stereocenters. The van der Waals surface area contributed by atoms with Crippen molar-refractivity contribution in [2.45, 2.75) is 43.5 Å². The van der Waals surface area contributed by atoms with E-state index in [1.165, 1.54) is 12.1 Å². The fourth-order valence-corrected chi connectivity index (χ4v) is 4.30. The van der Waals surface area contributed by atoms with E-state index in [2.05, 4.69) is 14.9 Å². The number of carbonyl (C=O) groups is 1. The van der Waals surface area contributed by atoms with Gasteiger partial charge in [-0.25, -0.2) is 8.42 Å². The van der Waals surface area contributed by atoms with E-state index >= 15 is 0 Å². The number of benzene rings is 1. The third-order valence-electron chi connectivity index (χ3n) is 4.38. The highest BCUT2D eigenvalue weighted by Gasteiger charge is 2.32. The molecular weight excluding hydrogens is 356 g/mol. The molecule has 1 N–H and O–H groups in total. The predicted molar refractivity (Wildman–Crippen MR) is 93.8 cm³/mol. The van der Waals surface area contributed by atoms with Crippen LogP contribution in [0, 0.1) is 6.92 Å². The number of aryl methyl sites for hydroxylation is 1. The average Bonchev–Trinajstić information content (AvgIpc) is 3.08. The first-order chi connectivity index (χ1) is 12.4. The Morgan fingerprint density at radius 2 is 2.08 bits per heavy atom. The van der Waals surface area contributed by atoms with E-state index in [-0.39, 0.29) is 16.7 Å². The molecule has 0 aliphatic carbocycles. The Morgan fingerprint density at radius 1 is 1.35 bits per heavy atom. The number of carbonyl (C=O) groups excluding carboxylic acids is 1. The zero-order valence-corrected chi connectivity index (χ0v) is 15.6. The molecule has 1 fully saturated rings. The smallest absolute Gasteiger partial charge is 0.241 e. The van der Waals surface area contributed by atoms with Crippen LogP contribution in [-0.2, 0) is 14.8 Å². The molecule has 1 saturated heterocycles. The predicted octanol–water partition coefficient (Wildman–Crippen LogP) is 1.45. The van der Waals surface area contributed by atoms with Gasteiger partial charge >= 0.3 is 0 Å². The van der Waals surface area contributed by atoms with Gasteiger partial charge in [-0.2, -0.15) is 9.71 Å². The molecule has 1 unspecified atom stereocenters. The van der Waals surface area contributed by atoms with Gasteiger partial charge in [0.2, 0.25) is 21.8 Å². The highest BCUT2D eigenvalue weighted by molar-refractivity contribution is 7.89. The molecule has 140 valence electrons. The van der Waals surface area contributed by atoms with Crippen molar-refractivity contribution in [3.63, 3.8) is 0 Å². The molecule has 1 aromatic heterocycles. The Labute approximate surface area is 152 Å². The minimum Gasteiger partial charge on any atom is -0.341 e. The summed E-state index contributed by atoms with van der Waals surface area (Å²) in [5.41, 5.74) is 0. The first kappa shape index (κ1) is 18.5. The van der Waals surface area contributed by atoms with Gasteiger partial charge in [0.25, 0.3) is 0 Å². The van der Waals surface area contributed by atoms with Crippen LogP contribution in [0.2, 0.25) is 0 Å². The lowest BCUT2D eigenvalue weighted by Crippen LogP contribution is -2.49. The summed E-state index contributed by atoms with van der Waals surface area (Å²) in [6, 6.07) is 7.15. The van der Waals surface area contributed by atoms with Crippen molar-refractivity contribution in [2.75, 3.05) is 13.1 Å². The van der Waals surface area contributed by atoms with Crippen molar-refractivity contribution in [1.29, 1.82) is 0 Å². The van der Waals surface area contributed by atoms with E-state index in [9.17, 15) is 13.2 Å². The molecule has 0 radical (unpaired) electrons. The topological polar surface area (TPSA) is 105 Å². The maximum Gasteiger partial charge on any atom is 0.241 e. The van der Waals surface area contributed by atoms with E-state index in [1.54, 1.807) is 36.9 Å². The number of hydrogen-bond acceptors (Lipinski definition) is 6. The molecule has 9 heteroatoms. The van der Waals surface area contributed by atoms with Gasteiger partial charge in [0.1, 0.15) is 0 Å². The Balaban J connectivity index is 1.66. The fourth-order valence-electron chi connectivity index (χ4n) is 3.08. The number of hydrogen-bond donors (Lipinski definition) is 1. The van der Waals surface area contributed by atoms with Gasteiger partial charge in [-0.05, 0) is 38.8 Å². The molecule has 1 amide bonds. The summed E-state index contributed by atoms with van der Waals surface area (Å²) in [6.07, 6.45) is 1.66. The van der Waals surface area contributed by atoms with E-state index in [1.807, 2.05) is 0 Å². The second kappa shape index (κ2) is 7.55. The van der Waals surface area contributed by atoms with Crippen molar-refractivity contribution in [3.05, 3.63) is 42.0 Å². The van der Waals surface area contributed by atoms with Gasteiger partial charge in [0.05, 0.1) is 16.9 Å². The molecule has 2 heterocycles. The van der Waals surface area contributed by atoms with Crippen molar-refractivity contribution < 1.29 is 17.7 Å². The standard InChI is InChI=1S/C17H22N4O4S/c1-12(20-26(23,24)15-8-4-3-5-9-15)17(22)21-10-6-7-14(11-21)16-18-13(2)19-25-16/h3-5,8-9,12,14,20H,6-7,10-11H2,1-2H3/t12-,14?/m0/s1. The Bertz CT molecular complexity index is 866. The van der Waals surface area contributed by atoms with Crippen LogP contribution in [0.1, 0.15) is 37.4 Å². The molecule has 2 aromatic rings. The lowest BCUT2D eigenvalue weighted by atomic mass is 9.97. The largest absolute Gasteiger partial charge is 0.341 e. The van der Waals surface area contributed by atoms with Crippen LogP contribution in [0.4, 0.5) is 0 Å². The van der Waals surface area contributed by atoms with Gasteiger partial charge in [-0.3, -0.25) is 4.79 Å². The third kappa shape index (κ3) is 4.10. The molecule has 8 nitrogen and oxygen atoms in total. The van der Waals surface area contributed by atoms with Crippen molar-refractivity contribution in [3.8, 4) is 0 Å². The molecule has 0 saturated carbocycles. The number of amides is 1. The van der Waals surface area contributed by atoms with Crippen molar-refractivity contribution in [2.24, 2.45) is 0 Å². The fraction of sp³-hybridized carbons (Fsp3) is 0.471. The molecule has 3 rings (SSSR count). The lowest BCUT2D eigenvalue weighted by molar-refractivity contribution is -0.133. The molecular formula is C17H22N4O4S. The quantitative estimate of drug-likeness (QED) is 0.844. The lowest BCUT2D eigenvalue weighted by Gasteiger charge is -2.32.